The topological polar surface area (TPSA) is 38.3 Å². The Kier molecular flexibility index (Phi) is 5.45. The zero-order chi connectivity index (χ0) is 12.8. The molecule has 1 aromatic rings. The van der Waals surface area contributed by atoms with E-state index in [-0.39, 0.29) is 18.1 Å². The van der Waals surface area contributed by atoms with Crippen LogP contribution in [-0.2, 0) is 16.0 Å². The van der Waals surface area contributed by atoms with Gasteiger partial charge in [-0.1, -0.05) is 23.7 Å². The molecule has 4 heteroatoms. The smallest absolute Gasteiger partial charge is 0.322 e. The summed E-state index contributed by atoms with van der Waals surface area (Å²) < 4.78 is 4.66. The van der Waals surface area contributed by atoms with Crippen molar-refractivity contribution in [1.29, 1.82) is 0 Å². The van der Waals surface area contributed by atoms with Gasteiger partial charge in [0, 0.05) is 11.1 Å². The lowest BCUT2D eigenvalue weighted by atomic mass is 10.1. The van der Waals surface area contributed by atoms with Gasteiger partial charge >= 0.3 is 5.97 Å². The van der Waals surface area contributed by atoms with Crippen molar-refractivity contribution in [3.8, 4) is 0 Å². The van der Waals surface area contributed by atoms with Crippen LogP contribution >= 0.6 is 11.6 Å². The van der Waals surface area contributed by atoms with Crippen molar-refractivity contribution < 1.29 is 9.53 Å². The first-order valence-electron chi connectivity index (χ1n) is 5.61. The molecule has 0 aliphatic carbocycles. The average Bonchev–Trinajstić information content (AvgIpc) is 2.27. The fourth-order valence-electron chi connectivity index (χ4n) is 1.75. The minimum atomic E-state index is -0.297. The van der Waals surface area contributed by atoms with E-state index < -0.39 is 0 Å². The van der Waals surface area contributed by atoms with Crippen LogP contribution in [0.15, 0.2) is 24.3 Å². The van der Waals surface area contributed by atoms with Crippen molar-refractivity contribution in [2.75, 3.05) is 7.11 Å². The van der Waals surface area contributed by atoms with Crippen molar-refractivity contribution in [2.45, 2.75) is 32.4 Å². The molecule has 0 aliphatic rings. The van der Waals surface area contributed by atoms with Crippen molar-refractivity contribution in [2.24, 2.45) is 0 Å². The van der Waals surface area contributed by atoms with Gasteiger partial charge in [-0.25, -0.2) is 0 Å². The molecule has 17 heavy (non-hydrogen) atoms. The molecule has 0 spiro atoms. The van der Waals surface area contributed by atoms with Gasteiger partial charge in [-0.3, -0.25) is 4.79 Å². The Morgan fingerprint density at radius 3 is 2.76 bits per heavy atom. The lowest BCUT2D eigenvalue weighted by Crippen LogP contribution is -2.41. The highest BCUT2D eigenvalue weighted by molar-refractivity contribution is 6.30. The summed E-state index contributed by atoms with van der Waals surface area (Å²) in [4.78, 5) is 11.2. The fourth-order valence-corrected chi connectivity index (χ4v) is 1.96. The minimum Gasteiger partial charge on any atom is -0.468 e. The van der Waals surface area contributed by atoms with E-state index in [0.29, 0.717) is 0 Å². The first kappa shape index (κ1) is 14.0. The molecule has 3 nitrogen and oxygen atoms in total. The quantitative estimate of drug-likeness (QED) is 0.822. The highest BCUT2D eigenvalue weighted by atomic mass is 35.5. The molecule has 2 unspecified atom stereocenters. The largest absolute Gasteiger partial charge is 0.468 e. The van der Waals surface area contributed by atoms with Crippen molar-refractivity contribution >= 4 is 17.6 Å². The number of carbonyl (C=O) groups excluding carboxylic acids is 1. The van der Waals surface area contributed by atoms with Gasteiger partial charge in [-0.2, -0.15) is 0 Å². The maximum Gasteiger partial charge on any atom is 0.322 e. The third-order valence-electron chi connectivity index (χ3n) is 2.52. The predicted molar refractivity (Wildman–Crippen MR) is 69.2 cm³/mol. The van der Waals surface area contributed by atoms with E-state index in [0.717, 1.165) is 17.0 Å². The van der Waals surface area contributed by atoms with Crippen LogP contribution in [-0.4, -0.2) is 25.2 Å². The van der Waals surface area contributed by atoms with Gasteiger partial charge in [0.2, 0.25) is 0 Å². The molecule has 1 aromatic carbocycles. The Hall–Kier alpha value is -1.06. The number of rotatable bonds is 5. The molecule has 0 heterocycles. The van der Waals surface area contributed by atoms with Gasteiger partial charge in [-0.05, 0) is 38.0 Å². The summed E-state index contributed by atoms with van der Waals surface area (Å²) in [7, 11) is 1.39. The number of ether oxygens (including phenoxy) is 1. The maximum absolute atomic E-state index is 11.2. The summed E-state index contributed by atoms with van der Waals surface area (Å²) in [6.07, 6.45) is 0.821. The molecule has 1 rings (SSSR count). The Labute approximate surface area is 107 Å². The highest BCUT2D eigenvalue weighted by Gasteiger charge is 2.15. The molecule has 94 valence electrons. The van der Waals surface area contributed by atoms with Crippen LogP contribution in [0.1, 0.15) is 19.4 Å². The summed E-state index contributed by atoms with van der Waals surface area (Å²) in [6.45, 7) is 3.82. The molecule has 0 aliphatic heterocycles. The van der Waals surface area contributed by atoms with Gasteiger partial charge in [0.05, 0.1) is 7.11 Å². The minimum absolute atomic E-state index is 0.183. The summed E-state index contributed by atoms with van der Waals surface area (Å²) >= 11 is 5.91. The number of hydrogen-bond donors (Lipinski definition) is 1. The monoisotopic (exact) mass is 255 g/mol. The lowest BCUT2D eigenvalue weighted by Gasteiger charge is -2.18. The van der Waals surface area contributed by atoms with Gasteiger partial charge in [0.25, 0.3) is 0 Å². The third kappa shape index (κ3) is 4.75. The normalized spacial score (nSPS) is 14.1. The second-order valence-corrected chi connectivity index (χ2v) is 4.58. The first-order valence-corrected chi connectivity index (χ1v) is 5.99. The first-order chi connectivity index (χ1) is 8.02. The van der Waals surface area contributed by atoms with E-state index in [2.05, 4.69) is 10.1 Å². The summed E-state index contributed by atoms with van der Waals surface area (Å²) in [5.41, 5.74) is 1.15. The second kappa shape index (κ2) is 6.62. The molecule has 1 N–H and O–H groups in total. The number of methoxy groups -OCH3 is 1. The molecule has 0 aromatic heterocycles. The Balaban J connectivity index is 2.49. The lowest BCUT2D eigenvalue weighted by molar-refractivity contribution is -0.142. The SMILES string of the molecule is COC(=O)C(C)NC(C)Cc1cccc(Cl)c1. The van der Waals surface area contributed by atoms with E-state index in [4.69, 9.17) is 11.6 Å². The number of nitrogens with one attached hydrogen (secondary N) is 1. The fraction of sp³-hybridized carbons (Fsp3) is 0.462. The zero-order valence-corrected chi connectivity index (χ0v) is 11.1. The molecule has 0 fully saturated rings. The van der Waals surface area contributed by atoms with Crippen LogP contribution in [0.4, 0.5) is 0 Å². The molecular weight excluding hydrogens is 238 g/mol. The maximum atomic E-state index is 11.2. The number of benzene rings is 1. The average molecular weight is 256 g/mol. The van der Waals surface area contributed by atoms with E-state index >= 15 is 0 Å². The molecule has 0 saturated carbocycles. The molecule has 2 atom stereocenters. The molecule has 0 saturated heterocycles. The van der Waals surface area contributed by atoms with E-state index in [1.807, 2.05) is 31.2 Å². The van der Waals surface area contributed by atoms with Crippen molar-refractivity contribution in [3.63, 3.8) is 0 Å². The van der Waals surface area contributed by atoms with Crippen molar-refractivity contribution in [3.05, 3.63) is 34.9 Å². The third-order valence-corrected chi connectivity index (χ3v) is 2.76. The van der Waals surface area contributed by atoms with Crippen LogP contribution in [0.5, 0.6) is 0 Å². The summed E-state index contributed by atoms with van der Waals surface area (Å²) in [5.74, 6) is -0.247. The Morgan fingerprint density at radius 1 is 1.47 bits per heavy atom. The van der Waals surface area contributed by atoms with Gasteiger partial charge in [0.1, 0.15) is 6.04 Å². The van der Waals surface area contributed by atoms with E-state index in [1.165, 1.54) is 7.11 Å². The van der Waals surface area contributed by atoms with Crippen molar-refractivity contribution in [1.82, 2.24) is 5.32 Å². The molecule has 0 amide bonds. The van der Waals surface area contributed by atoms with Gasteiger partial charge in [0.15, 0.2) is 0 Å². The standard InChI is InChI=1S/C13H18ClNO2/c1-9(15-10(2)13(16)17-3)7-11-5-4-6-12(14)8-11/h4-6,8-10,15H,7H2,1-3H3. The Morgan fingerprint density at radius 2 is 2.18 bits per heavy atom. The number of esters is 1. The zero-order valence-electron chi connectivity index (χ0n) is 10.4. The predicted octanol–water partition coefficient (Wildman–Crippen LogP) is 2.42. The van der Waals surface area contributed by atoms with Crippen LogP contribution in [0.2, 0.25) is 5.02 Å². The number of carbonyl (C=O) groups is 1. The number of hydrogen-bond acceptors (Lipinski definition) is 3. The van der Waals surface area contributed by atoms with Gasteiger partial charge < -0.3 is 10.1 Å². The Bertz CT molecular complexity index is 381. The van der Waals surface area contributed by atoms with Crippen LogP contribution in [0.25, 0.3) is 0 Å². The van der Waals surface area contributed by atoms with Crippen LogP contribution in [0.3, 0.4) is 0 Å². The van der Waals surface area contributed by atoms with Crippen LogP contribution in [0, 0.1) is 0 Å². The van der Waals surface area contributed by atoms with E-state index in [1.54, 1.807) is 6.92 Å². The second-order valence-electron chi connectivity index (χ2n) is 4.15. The highest BCUT2D eigenvalue weighted by Crippen LogP contribution is 2.12. The van der Waals surface area contributed by atoms with Gasteiger partial charge in [-0.15, -0.1) is 0 Å². The number of halogens is 1. The molecule has 0 radical (unpaired) electrons. The molecular formula is C13H18ClNO2. The van der Waals surface area contributed by atoms with Crippen LogP contribution < -0.4 is 5.32 Å². The summed E-state index contributed by atoms with van der Waals surface area (Å²) in [5, 5.41) is 3.91. The van der Waals surface area contributed by atoms with E-state index in [9.17, 15) is 4.79 Å². The summed E-state index contributed by atoms with van der Waals surface area (Å²) in [6, 6.07) is 7.61. The molecule has 0 bridgehead atoms.